The van der Waals surface area contributed by atoms with Gasteiger partial charge in [0.2, 0.25) is 5.88 Å². The van der Waals surface area contributed by atoms with E-state index >= 15 is 0 Å². The summed E-state index contributed by atoms with van der Waals surface area (Å²) in [6.07, 6.45) is 5.20. The normalized spacial score (nSPS) is 14.3. The fourth-order valence-electron chi connectivity index (χ4n) is 3.47. The van der Waals surface area contributed by atoms with E-state index in [9.17, 15) is 4.79 Å². The molecule has 1 aliphatic rings. The highest BCUT2D eigenvalue weighted by atomic mass is 16.6. The van der Waals surface area contributed by atoms with Gasteiger partial charge in [-0.05, 0) is 31.5 Å². The monoisotopic (exact) mass is 396 g/mol. The second-order valence-electron chi connectivity index (χ2n) is 6.85. The molecule has 0 radical (unpaired) electrons. The van der Waals surface area contributed by atoms with Crippen LogP contribution in [-0.4, -0.2) is 70.5 Å². The van der Waals surface area contributed by atoms with Crippen LogP contribution >= 0.6 is 0 Å². The number of hydrogen-bond donors (Lipinski definition) is 0. The first-order chi connectivity index (χ1) is 14.1. The molecule has 0 aromatic carbocycles. The molecule has 0 spiro atoms. The van der Waals surface area contributed by atoms with Gasteiger partial charge in [0, 0.05) is 44.1 Å². The summed E-state index contributed by atoms with van der Waals surface area (Å²) >= 11 is 0. The third-order valence-corrected chi connectivity index (χ3v) is 4.96. The largest absolute Gasteiger partial charge is 0.481 e. The Bertz CT molecular complexity index is 1030. The van der Waals surface area contributed by atoms with Gasteiger partial charge in [0.05, 0.1) is 25.5 Å². The number of piperazine rings is 1. The van der Waals surface area contributed by atoms with Crippen molar-refractivity contribution in [2.45, 2.75) is 13.8 Å². The molecule has 1 saturated heterocycles. The number of fused-ring (bicyclic) bond motifs is 1. The zero-order valence-electron chi connectivity index (χ0n) is 16.8. The minimum atomic E-state index is -0.257. The first-order valence-corrected chi connectivity index (χ1v) is 9.62. The van der Waals surface area contributed by atoms with Crippen LogP contribution in [0.3, 0.4) is 0 Å². The highest BCUT2D eigenvalue weighted by molar-refractivity contribution is 5.81. The Morgan fingerprint density at radius 1 is 1.17 bits per heavy atom. The minimum Gasteiger partial charge on any atom is -0.481 e. The lowest BCUT2D eigenvalue weighted by Crippen LogP contribution is -2.49. The third kappa shape index (κ3) is 3.67. The fraction of sp³-hybridized carbons (Fsp3) is 0.400. The van der Waals surface area contributed by atoms with E-state index in [1.807, 2.05) is 32.2 Å². The van der Waals surface area contributed by atoms with Gasteiger partial charge in [0.15, 0.2) is 5.65 Å². The molecule has 4 heterocycles. The van der Waals surface area contributed by atoms with E-state index in [4.69, 9.17) is 14.5 Å². The van der Waals surface area contributed by atoms with Crippen molar-refractivity contribution in [3.8, 4) is 17.0 Å². The summed E-state index contributed by atoms with van der Waals surface area (Å²) in [4.78, 5) is 25.0. The Balaban J connectivity index is 1.62. The van der Waals surface area contributed by atoms with Gasteiger partial charge in [-0.2, -0.15) is 5.10 Å². The predicted molar refractivity (Wildman–Crippen MR) is 108 cm³/mol. The number of carbonyl (C=O) groups is 1. The Morgan fingerprint density at radius 3 is 2.69 bits per heavy atom. The third-order valence-electron chi connectivity index (χ3n) is 4.96. The van der Waals surface area contributed by atoms with Gasteiger partial charge in [-0.25, -0.2) is 19.3 Å². The van der Waals surface area contributed by atoms with Gasteiger partial charge in [-0.3, -0.25) is 0 Å². The lowest BCUT2D eigenvalue weighted by molar-refractivity contribution is 0.105. The van der Waals surface area contributed by atoms with Crippen molar-refractivity contribution in [3.63, 3.8) is 0 Å². The van der Waals surface area contributed by atoms with Gasteiger partial charge >= 0.3 is 6.09 Å². The summed E-state index contributed by atoms with van der Waals surface area (Å²) in [6, 6.07) is 3.96. The highest BCUT2D eigenvalue weighted by Crippen LogP contribution is 2.32. The molecule has 1 fully saturated rings. The van der Waals surface area contributed by atoms with E-state index in [0.717, 1.165) is 28.2 Å². The number of pyridine rings is 1. The molecule has 1 aliphatic heterocycles. The Morgan fingerprint density at radius 2 is 1.97 bits per heavy atom. The van der Waals surface area contributed by atoms with Gasteiger partial charge in [-0.1, -0.05) is 0 Å². The fourth-order valence-corrected chi connectivity index (χ4v) is 3.47. The molecule has 3 aromatic rings. The van der Waals surface area contributed by atoms with Crippen molar-refractivity contribution in [3.05, 3.63) is 36.3 Å². The smallest absolute Gasteiger partial charge is 0.409 e. The first-order valence-electron chi connectivity index (χ1n) is 9.62. The maximum atomic E-state index is 11.9. The average Bonchev–Trinajstić information content (AvgIpc) is 3.17. The van der Waals surface area contributed by atoms with E-state index < -0.39 is 0 Å². The minimum absolute atomic E-state index is 0.257. The maximum absolute atomic E-state index is 11.9. The van der Waals surface area contributed by atoms with Crippen molar-refractivity contribution in [2.75, 3.05) is 44.8 Å². The number of aromatic nitrogens is 4. The SMILES string of the molecule is CCOC(=O)N1CCN(c2ccn3ncc(-c4cc(C)cnc4OC)c3n2)CC1. The lowest BCUT2D eigenvalue weighted by Gasteiger charge is -2.34. The molecule has 1 amide bonds. The standard InChI is InChI=1S/C20H24N6O3/c1-4-29-20(27)25-9-7-24(8-10-25)17-5-6-26-18(23-17)16(13-22-26)15-11-14(2)12-21-19(15)28-3/h5-6,11-13H,4,7-10H2,1-3H3. The van der Waals surface area contributed by atoms with Gasteiger partial charge < -0.3 is 19.3 Å². The molecular formula is C20H24N6O3. The molecule has 4 rings (SSSR count). The van der Waals surface area contributed by atoms with E-state index in [-0.39, 0.29) is 6.09 Å². The maximum Gasteiger partial charge on any atom is 0.409 e. The quantitative estimate of drug-likeness (QED) is 0.669. The number of aryl methyl sites for hydroxylation is 1. The summed E-state index contributed by atoms with van der Waals surface area (Å²) in [5.41, 5.74) is 3.50. The number of rotatable bonds is 4. The van der Waals surface area contributed by atoms with Crippen molar-refractivity contribution in [2.24, 2.45) is 0 Å². The molecule has 0 unspecified atom stereocenters. The number of ether oxygens (including phenoxy) is 2. The van der Waals surface area contributed by atoms with E-state index in [0.29, 0.717) is 38.7 Å². The van der Waals surface area contributed by atoms with Crippen LogP contribution in [0.1, 0.15) is 12.5 Å². The Labute approximate surface area is 168 Å². The molecule has 9 nitrogen and oxygen atoms in total. The van der Waals surface area contributed by atoms with E-state index in [1.54, 1.807) is 28.9 Å². The Hall–Kier alpha value is -3.36. The van der Waals surface area contributed by atoms with Crippen LogP contribution in [0.25, 0.3) is 16.8 Å². The summed E-state index contributed by atoms with van der Waals surface area (Å²) in [7, 11) is 1.61. The van der Waals surface area contributed by atoms with Gasteiger partial charge in [0.25, 0.3) is 0 Å². The van der Waals surface area contributed by atoms with Crippen LogP contribution in [-0.2, 0) is 4.74 Å². The number of nitrogens with zero attached hydrogens (tertiary/aromatic N) is 6. The van der Waals surface area contributed by atoms with Crippen LogP contribution in [0.2, 0.25) is 0 Å². The Kier molecular flexibility index (Phi) is 5.20. The predicted octanol–water partition coefficient (Wildman–Crippen LogP) is 2.39. The van der Waals surface area contributed by atoms with Gasteiger partial charge in [0.1, 0.15) is 5.82 Å². The first kappa shape index (κ1) is 19.0. The molecule has 0 N–H and O–H groups in total. The highest BCUT2D eigenvalue weighted by Gasteiger charge is 2.23. The van der Waals surface area contributed by atoms with Crippen molar-refractivity contribution >= 4 is 17.6 Å². The molecule has 3 aromatic heterocycles. The average molecular weight is 396 g/mol. The van der Waals surface area contributed by atoms with Crippen molar-refractivity contribution in [1.82, 2.24) is 24.5 Å². The second-order valence-corrected chi connectivity index (χ2v) is 6.85. The topological polar surface area (TPSA) is 85.1 Å². The van der Waals surface area contributed by atoms with E-state index in [1.165, 1.54) is 0 Å². The van der Waals surface area contributed by atoms with Crippen LogP contribution in [0.4, 0.5) is 10.6 Å². The lowest BCUT2D eigenvalue weighted by atomic mass is 10.1. The number of amides is 1. The molecule has 0 saturated carbocycles. The summed E-state index contributed by atoms with van der Waals surface area (Å²) in [5, 5.41) is 4.42. The summed E-state index contributed by atoms with van der Waals surface area (Å²) in [5.74, 6) is 1.39. The van der Waals surface area contributed by atoms with Gasteiger partial charge in [-0.15, -0.1) is 0 Å². The van der Waals surface area contributed by atoms with E-state index in [2.05, 4.69) is 15.0 Å². The number of carbonyl (C=O) groups excluding carboxylic acids is 1. The molecule has 29 heavy (non-hydrogen) atoms. The van der Waals surface area contributed by atoms with Crippen molar-refractivity contribution < 1.29 is 14.3 Å². The summed E-state index contributed by atoms with van der Waals surface area (Å²) in [6.45, 7) is 6.79. The van der Waals surface area contributed by atoms with Crippen LogP contribution in [0, 0.1) is 6.92 Å². The molecule has 0 atom stereocenters. The second kappa shape index (κ2) is 7.94. The summed E-state index contributed by atoms with van der Waals surface area (Å²) < 4.78 is 12.3. The zero-order valence-corrected chi connectivity index (χ0v) is 16.8. The van der Waals surface area contributed by atoms with Crippen molar-refractivity contribution in [1.29, 1.82) is 0 Å². The van der Waals surface area contributed by atoms with Crippen LogP contribution in [0.5, 0.6) is 5.88 Å². The number of anilines is 1. The van der Waals surface area contributed by atoms with Crippen LogP contribution in [0.15, 0.2) is 30.7 Å². The molecule has 0 bridgehead atoms. The molecular weight excluding hydrogens is 372 g/mol. The molecule has 152 valence electrons. The number of hydrogen-bond acceptors (Lipinski definition) is 7. The number of methoxy groups -OCH3 is 1. The zero-order chi connectivity index (χ0) is 20.4. The van der Waals surface area contributed by atoms with Crippen LogP contribution < -0.4 is 9.64 Å². The molecule has 0 aliphatic carbocycles. The molecule has 9 heteroatoms.